The van der Waals surface area contributed by atoms with Crippen LogP contribution in [0.15, 0.2) is 42.5 Å². The SMILES string of the molecule is Cc1c(-c2c(F)cc(C(N)=O)c3[nH]c4c(c23)CCC(C(C)(C)O)C4)cccc1N(C)C(=O)c1cccc(F)c1N(C)C=O. The average molecular weight is 589 g/mol. The van der Waals surface area contributed by atoms with Gasteiger partial charge in [0.05, 0.1) is 27.9 Å². The van der Waals surface area contributed by atoms with Gasteiger partial charge >= 0.3 is 0 Å². The molecule has 1 heterocycles. The lowest BCUT2D eigenvalue weighted by molar-refractivity contribution is -0.107. The number of nitrogens with two attached hydrogens (primary N) is 1. The number of H-pyrrole nitrogens is 1. The number of aliphatic hydroxyl groups is 1. The predicted molar refractivity (Wildman–Crippen MR) is 162 cm³/mol. The largest absolute Gasteiger partial charge is 0.390 e. The molecular formula is C33H34F2N4O4. The van der Waals surface area contributed by atoms with Gasteiger partial charge in [0, 0.05) is 36.4 Å². The first-order chi connectivity index (χ1) is 20.3. The van der Waals surface area contributed by atoms with Crippen molar-refractivity contribution in [2.45, 2.75) is 45.6 Å². The highest BCUT2D eigenvalue weighted by Crippen LogP contribution is 2.44. The van der Waals surface area contributed by atoms with E-state index in [9.17, 15) is 23.9 Å². The van der Waals surface area contributed by atoms with Crippen molar-refractivity contribution in [3.8, 4) is 11.1 Å². The quantitative estimate of drug-likeness (QED) is 0.255. The van der Waals surface area contributed by atoms with E-state index in [1.165, 1.54) is 37.2 Å². The van der Waals surface area contributed by atoms with Crippen LogP contribution in [-0.2, 0) is 17.6 Å². The Morgan fingerprint density at radius 3 is 2.44 bits per heavy atom. The summed E-state index contributed by atoms with van der Waals surface area (Å²) in [6, 6.07) is 10.3. The van der Waals surface area contributed by atoms with Gasteiger partial charge in [0.1, 0.15) is 11.6 Å². The molecule has 0 spiro atoms. The number of hydrogen-bond donors (Lipinski definition) is 3. The topological polar surface area (TPSA) is 120 Å². The number of aromatic nitrogens is 1. The molecule has 5 rings (SSSR count). The van der Waals surface area contributed by atoms with Crippen LogP contribution in [0, 0.1) is 24.5 Å². The Balaban J connectivity index is 1.68. The summed E-state index contributed by atoms with van der Waals surface area (Å²) >= 11 is 0. The number of benzene rings is 3. The number of rotatable bonds is 7. The molecule has 4 aromatic rings. The third-order valence-electron chi connectivity index (χ3n) is 8.65. The van der Waals surface area contributed by atoms with Gasteiger partial charge in [0.2, 0.25) is 6.41 Å². The minimum absolute atomic E-state index is 0.0117. The number of carbonyl (C=O) groups is 3. The summed E-state index contributed by atoms with van der Waals surface area (Å²) in [5.74, 6) is -2.72. The predicted octanol–water partition coefficient (Wildman–Crippen LogP) is 5.27. The molecule has 0 aliphatic heterocycles. The van der Waals surface area contributed by atoms with E-state index >= 15 is 4.39 Å². The van der Waals surface area contributed by atoms with E-state index in [0.29, 0.717) is 53.4 Å². The lowest BCUT2D eigenvalue weighted by atomic mass is 9.77. The smallest absolute Gasteiger partial charge is 0.260 e. The van der Waals surface area contributed by atoms with E-state index in [1.54, 1.807) is 39.0 Å². The standard InChI is InChI=1S/C33H34F2N4O4/c1-17-19(8-7-11-26(17)39(5)32(42)21-9-6-10-23(34)30(21)38(4)16-40)27-24(35)15-22(31(36)41)29-28(27)20-13-12-18(33(2,3)43)14-25(20)37-29/h6-11,15-16,18,37,43H,12-14H2,1-5H3,(H2,36,41). The van der Waals surface area contributed by atoms with Crippen molar-refractivity contribution >= 4 is 40.5 Å². The molecule has 43 heavy (non-hydrogen) atoms. The van der Waals surface area contributed by atoms with Gasteiger partial charge in [-0.1, -0.05) is 18.2 Å². The molecule has 10 heteroatoms. The van der Waals surface area contributed by atoms with Gasteiger partial charge in [-0.15, -0.1) is 0 Å². The fourth-order valence-electron chi connectivity index (χ4n) is 6.28. The maximum atomic E-state index is 16.1. The molecule has 3 amide bonds. The van der Waals surface area contributed by atoms with Gasteiger partial charge < -0.3 is 25.6 Å². The van der Waals surface area contributed by atoms with Gasteiger partial charge in [-0.05, 0) is 86.9 Å². The zero-order valence-corrected chi connectivity index (χ0v) is 24.7. The van der Waals surface area contributed by atoms with Crippen LogP contribution < -0.4 is 15.5 Å². The molecule has 1 aliphatic rings. The van der Waals surface area contributed by atoms with Crippen LogP contribution in [0.5, 0.6) is 0 Å². The summed E-state index contributed by atoms with van der Waals surface area (Å²) in [6.07, 6.45) is 2.18. The Kier molecular flexibility index (Phi) is 7.60. The first kappa shape index (κ1) is 29.9. The summed E-state index contributed by atoms with van der Waals surface area (Å²) in [7, 11) is 2.89. The molecule has 4 N–H and O–H groups in total. The third-order valence-corrected chi connectivity index (χ3v) is 8.65. The summed E-state index contributed by atoms with van der Waals surface area (Å²) in [5, 5.41) is 11.2. The van der Waals surface area contributed by atoms with Crippen LogP contribution in [-0.4, -0.2) is 48.0 Å². The highest BCUT2D eigenvalue weighted by molar-refractivity contribution is 6.13. The van der Waals surface area contributed by atoms with Crippen molar-refractivity contribution in [1.82, 2.24) is 4.98 Å². The first-order valence-electron chi connectivity index (χ1n) is 14.0. The average Bonchev–Trinajstić information content (AvgIpc) is 3.34. The number of primary amides is 1. The summed E-state index contributed by atoms with van der Waals surface area (Å²) in [6.45, 7) is 5.29. The van der Waals surface area contributed by atoms with Crippen molar-refractivity contribution in [2.75, 3.05) is 23.9 Å². The normalized spacial score (nSPS) is 14.8. The number of aromatic amines is 1. The molecule has 3 aromatic carbocycles. The zero-order valence-electron chi connectivity index (χ0n) is 24.7. The number of para-hydroxylation sites is 1. The summed E-state index contributed by atoms with van der Waals surface area (Å²) in [4.78, 5) is 43.1. The Bertz CT molecular complexity index is 1790. The van der Waals surface area contributed by atoms with Crippen LogP contribution in [0.1, 0.15) is 57.8 Å². The number of amides is 3. The maximum absolute atomic E-state index is 16.1. The summed E-state index contributed by atoms with van der Waals surface area (Å²) in [5.41, 5.74) is 8.54. The number of halogens is 2. The molecule has 0 saturated heterocycles. The second kappa shape index (κ2) is 10.9. The highest BCUT2D eigenvalue weighted by atomic mass is 19.1. The van der Waals surface area contributed by atoms with Crippen molar-refractivity contribution in [2.24, 2.45) is 11.7 Å². The van der Waals surface area contributed by atoms with E-state index in [-0.39, 0.29) is 28.3 Å². The molecule has 0 radical (unpaired) electrons. The molecule has 224 valence electrons. The van der Waals surface area contributed by atoms with E-state index in [1.807, 2.05) is 0 Å². The minimum atomic E-state index is -0.917. The van der Waals surface area contributed by atoms with Gasteiger partial charge in [0.25, 0.3) is 11.8 Å². The van der Waals surface area contributed by atoms with Gasteiger partial charge in [0.15, 0.2) is 0 Å². The van der Waals surface area contributed by atoms with Crippen molar-refractivity contribution in [3.63, 3.8) is 0 Å². The lowest BCUT2D eigenvalue weighted by Gasteiger charge is -2.32. The summed E-state index contributed by atoms with van der Waals surface area (Å²) < 4.78 is 30.8. The van der Waals surface area contributed by atoms with Crippen LogP contribution >= 0.6 is 0 Å². The molecule has 1 unspecified atom stereocenters. The lowest BCUT2D eigenvalue weighted by Crippen LogP contribution is -2.34. The number of nitrogens with one attached hydrogen (secondary N) is 1. The molecule has 1 aliphatic carbocycles. The number of hydrogen-bond acceptors (Lipinski definition) is 4. The molecule has 0 fully saturated rings. The van der Waals surface area contributed by atoms with E-state index < -0.39 is 29.0 Å². The van der Waals surface area contributed by atoms with Crippen LogP contribution in [0.2, 0.25) is 0 Å². The van der Waals surface area contributed by atoms with Crippen molar-refractivity contribution in [1.29, 1.82) is 0 Å². The maximum Gasteiger partial charge on any atom is 0.260 e. The van der Waals surface area contributed by atoms with Crippen molar-refractivity contribution < 1.29 is 28.3 Å². The first-order valence-corrected chi connectivity index (χ1v) is 14.0. The van der Waals surface area contributed by atoms with Gasteiger partial charge in [-0.2, -0.15) is 0 Å². The molecule has 8 nitrogen and oxygen atoms in total. The highest BCUT2D eigenvalue weighted by Gasteiger charge is 2.34. The minimum Gasteiger partial charge on any atom is -0.390 e. The zero-order chi connectivity index (χ0) is 31.4. The number of nitrogens with zero attached hydrogens (tertiary/aromatic N) is 2. The Morgan fingerprint density at radius 1 is 1.09 bits per heavy atom. The van der Waals surface area contributed by atoms with Crippen LogP contribution in [0.25, 0.3) is 22.0 Å². The second-order valence-electron chi connectivity index (χ2n) is 11.7. The number of anilines is 2. The molecular weight excluding hydrogens is 554 g/mol. The van der Waals surface area contributed by atoms with Gasteiger partial charge in [-0.25, -0.2) is 8.78 Å². The third kappa shape index (κ3) is 5.05. The van der Waals surface area contributed by atoms with E-state index in [2.05, 4.69) is 4.98 Å². The fraction of sp³-hybridized carbons (Fsp3) is 0.303. The Labute approximate surface area is 248 Å². The number of carbonyl (C=O) groups excluding carboxylic acids is 3. The Morgan fingerprint density at radius 2 is 1.79 bits per heavy atom. The number of aryl methyl sites for hydroxylation is 1. The number of fused-ring (bicyclic) bond motifs is 3. The molecule has 1 atom stereocenters. The monoisotopic (exact) mass is 588 g/mol. The molecule has 0 saturated carbocycles. The Hall–Kier alpha value is -4.57. The van der Waals surface area contributed by atoms with E-state index in [0.717, 1.165) is 22.2 Å². The fourth-order valence-corrected chi connectivity index (χ4v) is 6.28. The molecule has 1 aromatic heterocycles. The van der Waals surface area contributed by atoms with Crippen molar-refractivity contribution in [3.05, 3.63) is 82.0 Å². The molecule has 0 bridgehead atoms. The van der Waals surface area contributed by atoms with Gasteiger partial charge in [-0.3, -0.25) is 14.4 Å². The second-order valence-corrected chi connectivity index (χ2v) is 11.7. The van der Waals surface area contributed by atoms with Crippen LogP contribution in [0.4, 0.5) is 20.2 Å². The van der Waals surface area contributed by atoms with Crippen LogP contribution in [0.3, 0.4) is 0 Å². The van der Waals surface area contributed by atoms with E-state index in [4.69, 9.17) is 5.73 Å².